The van der Waals surface area contributed by atoms with Crippen LogP contribution in [-0.2, 0) is 6.42 Å². The Morgan fingerprint density at radius 1 is 1.32 bits per heavy atom. The standard InChI is InChI=1S/C16H17ClN2O2.ClH/c1-11-9-15(21-2)13(10-14(11)17)5-8-19-16(20)12-3-6-18-7-4-12;/h3-4,6-7,9-10H,5,8H2,1-2H3,(H,19,20);1H. The number of methoxy groups -OCH3 is 1. The van der Waals surface area contributed by atoms with E-state index in [2.05, 4.69) is 10.3 Å². The van der Waals surface area contributed by atoms with Crippen molar-refractivity contribution in [3.63, 3.8) is 0 Å². The van der Waals surface area contributed by atoms with E-state index in [4.69, 9.17) is 16.3 Å². The number of carbonyl (C=O) groups excluding carboxylic acids is 1. The molecule has 0 saturated carbocycles. The van der Waals surface area contributed by atoms with E-state index in [0.717, 1.165) is 16.9 Å². The van der Waals surface area contributed by atoms with Crippen molar-refractivity contribution < 1.29 is 9.53 Å². The Hall–Kier alpha value is -1.78. The van der Waals surface area contributed by atoms with Crippen LogP contribution >= 0.6 is 24.0 Å². The molecule has 1 N–H and O–H groups in total. The number of rotatable bonds is 5. The highest BCUT2D eigenvalue weighted by Crippen LogP contribution is 2.26. The van der Waals surface area contributed by atoms with Crippen LogP contribution in [0, 0.1) is 6.92 Å². The highest BCUT2D eigenvalue weighted by Gasteiger charge is 2.08. The van der Waals surface area contributed by atoms with Crippen LogP contribution in [0.3, 0.4) is 0 Å². The summed E-state index contributed by atoms with van der Waals surface area (Å²) in [5, 5.41) is 3.57. The summed E-state index contributed by atoms with van der Waals surface area (Å²) in [5.41, 5.74) is 2.54. The van der Waals surface area contributed by atoms with Gasteiger partial charge in [-0.15, -0.1) is 12.4 Å². The number of amides is 1. The number of aromatic nitrogens is 1. The predicted molar refractivity (Wildman–Crippen MR) is 90.3 cm³/mol. The normalized spacial score (nSPS) is 9.77. The first-order valence-corrected chi connectivity index (χ1v) is 7.01. The van der Waals surface area contributed by atoms with E-state index in [1.807, 2.05) is 19.1 Å². The van der Waals surface area contributed by atoms with Gasteiger partial charge in [-0.1, -0.05) is 11.6 Å². The van der Waals surface area contributed by atoms with Crippen LogP contribution in [0.4, 0.5) is 0 Å². The summed E-state index contributed by atoms with van der Waals surface area (Å²) in [6.45, 7) is 2.44. The number of hydrogen-bond acceptors (Lipinski definition) is 3. The minimum atomic E-state index is -0.116. The maximum atomic E-state index is 11.9. The predicted octanol–water partition coefficient (Wildman–Crippen LogP) is 3.45. The lowest BCUT2D eigenvalue weighted by Gasteiger charge is -2.11. The molecular weight excluding hydrogens is 323 g/mol. The molecule has 0 saturated heterocycles. The van der Waals surface area contributed by atoms with E-state index in [1.165, 1.54) is 0 Å². The topological polar surface area (TPSA) is 51.2 Å². The zero-order valence-electron chi connectivity index (χ0n) is 12.4. The lowest BCUT2D eigenvalue weighted by atomic mass is 10.1. The molecular formula is C16H18Cl2N2O2. The Labute approximate surface area is 141 Å². The number of halogens is 2. The highest BCUT2D eigenvalue weighted by atomic mass is 35.5. The van der Waals surface area contributed by atoms with Crippen LogP contribution in [0.15, 0.2) is 36.7 Å². The van der Waals surface area contributed by atoms with Crippen molar-refractivity contribution in [2.45, 2.75) is 13.3 Å². The molecule has 1 aromatic heterocycles. The van der Waals surface area contributed by atoms with E-state index in [1.54, 1.807) is 31.6 Å². The van der Waals surface area contributed by atoms with E-state index in [0.29, 0.717) is 23.6 Å². The van der Waals surface area contributed by atoms with Gasteiger partial charge in [0.25, 0.3) is 5.91 Å². The third-order valence-electron chi connectivity index (χ3n) is 3.18. The number of hydrogen-bond donors (Lipinski definition) is 1. The number of pyridine rings is 1. The van der Waals surface area contributed by atoms with Crippen LogP contribution < -0.4 is 10.1 Å². The molecule has 1 amide bonds. The first-order chi connectivity index (χ1) is 10.1. The van der Waals surface area contributed by atoms with Crippen LogP contribution in [-0.4, -0.2) is 24.5 Å². The second-order valence-corrected chi connectivity index (χ2v) is 5.06. The quantitative estimate of drug-likeness (QED) is 0.906. The largest absolute Gasteiger partial charge is 0.496 e. The van der Waals surface area contributed by atoms with E-state index in [9.17, 15) is 4.79 Å². The molecule has 0 fully saturated rings. The van der Waals surface area contributed by atoms with E-state index < -0.39 is 0 Å². The summed E-state index contributed by atoms with van der Waals surface area (Å²) in [6.07, 6.45) is 3.84. The average Bonchev–Trinajstić information content (AvgIpc) is 2.51. The lowest BCUT2D eigenvalue weighted by Crippen LogP contribution is -2.25. The number of nitrogens with one attached hydrogen (secondary N) is 1. The summed E-state index contributed by atoms with van der Waals surface area (Å²) < 4.78 is 5.34. The Balaban J connectivity index is 0.00000242. The molecule has 0 atom stereocenters. The molecule has 1 heterocycles. The molecule has 4 nitrogen and oxygen atoms in total. The molecule has 6 heteroatoms. The van der Waals surface area contributed by atoms with Crippen LogP contribution in [0.25, 0.3) is 0 Å². The Kier molecular flexibility index (Phi) is 7.15. The molecule has 0 bridgehead atoms. The van der Waals surface area contributed by atoms with Crippen LogP contribution in [0.2, 0.25) is 5.02 Å². The Morgan fingerprint density at radius 2 is 2.00 bits per heavy atom. The van der Waals surface area contributed by atoms with Gasteiger partial charge in [-0.2, -0.15) is 0 Å². The summed E-state index contributed by atoms with van der Waals surface area (Å²) >= 11 is 6.13. The minimum Gasteiger partial charge on any atom is -0.496 e. The van der Waals surface area contributed by atoms with Gasteiger partial charge in [-0.25, -0.2) is 0 Å². The van der Waals surface area contributed by atoms with Crippen molar-refractivity contribution in [1.82, 2.24) is 10.3 Å². The third kappa shape index (κ3) is 4.61. The fourth-order valence-electron chi connectivity index (χ4n) is 2.00. The van der Waals surface area contributed by atoms with Gasteiger partial charge in [0.05, 0.1) is 7.11 Å². The van der Waals surface area contributed by atoms with Gasteiger partial charge in [0, 0.05) is 29.5 Å². The van der Waals surface area contributed by atoms with Gasteiger partial charge in [-0.3, -0.25) is 9.78 Å². The zero-order chi connectivity index (χ0) is 15.2. The summed E-state index contributed by atoms with van der Waals surface area (Å²) in [4.78, 5) is 15.8. The van der Waals surface area contributed by atoms with Gasteiger partial charge >= 0.3 is 0 Å². The third-order valence-corrected chi connectivity index (χ3v) is 3.59. The van der Waals surface area contributed by atoms with Gasteiger partial charge in [0.15, 0.2) is 0 Å². The monoisotopic (exact) mass is 340 g/mol. The lowest BCUT2D eigenvalue weighted by molar-refractivity contribution is 0.0954. The van der Waals surface area contributed by atoms with E-state index in [-0.39, 0.29) is 18.3 Å². The molecule has 0 unspecified atom stereocenters. The number of benzene rings is 1. The molecule has 0 spiro atoms. The van der Waals surface area contributed by atoms with Crippen molar-refractivity contribution in [3.8, 4) is 5.75 Å². The Morgan fingerprint density at radius 3 is 2.64 bits per heavy atom. The second-order valence-electron chi connectivity index (χ2n) is 4.66. The maximum absolute atomic E-state index is 11.9. The van der Waals surface area contributed by atoms with E-state index >= 15 is 0 Å². The number of carbonyl (C=O) groups is 1. The van der Waals surface area contributed by atoms with Crippen molar-refractivity contribution in [2.24, 2.45) is 0 Å². The van der Waals surface area contributed by atoms with Crippen molar-refractivity contribution in [3.05, 3.63) is 58.4 Å². The molecule has 0 aliphatic carbocycles. The number of aryl methyl sites for hydroxylation is 1. The summed E-state index contributed by atoms with van der Waals surface area (Å²) in [7, 11) is 1.63. The van der Waals surface area contributed by atoms with Crippen molar-refractivity contribution in [1.29, 1.82) is 0 Å². The first-order valence-electron chi connectivity index (χ1n) is 6.63. The Bertz CT molecular complexity index is 634. The van der Waals surface area contributed by atoms with Crippen molar-refractivity contribution in [2.75, 3.05) is 13.7 Å². The van der Waals surface area contributed by atoms with Crippen LogP contribution in [0.1, 0.15) is 21.5 Å². The molecule has 118 valence electrons. The van der Waals surface area contributed by atoms with Gasteiger partial charge < -0.3 is 10.1 Å². The molecule has 2 rings (SSSR count). The summed E-state index contributed by atoms with van der Waals surface area (Å²) in [6, 6.07) is 7.15. The molecule has 0 aliphatic rings. The van der Waals surface area contributed by atoms with Crippen molar-refractivity contribution >= 4 is 29.9 Å². The molecule has 1 aromatic carbocycles. The molecule has 0 aliphatic heterocycles. The minimum absolute atomic E-state index is 0. The highest BCUT2D eigenvalue weighted by molar-refractivity contribution is 6.31. The molecule has 22 heavy (non-hydrogen) atoms. The van der Waals surface area contributed by atoms with Gasteiger partial charge in [0.2, 0.25) is 0 Å². The van der Waals surface area contributed by atoms with Gasteiger partial charge in [0.1, 0.15) is 5.75 Å². The first kappa shape index (κ1) is 18.3. The summed E-state index contributed by atoms with van der Waals surface area (Å²) in [5.74, 6) is 0.671. The maximum Gasteiger partial charge on any atom is 0.251 e. The SMILES string of the molecule is COc1cc(C)c(Cl)cc1CCNC(=O)c1ccncc1.Cl. The molecule has 0 radical (unpaired) electrons. The van der Waals surface area contributed by atoms with Crippen LogP contribution in [0.5, 0.6) is 5.75 Å². The average molecular weight is 341 g/mol. The second kappa shape index (κ2) is 8.61. The molecule has 2 aromatic rings. The zero-order valence-corrected chi connectivity index (χ0v) is 14.0. The number of nitrogens with zero attached hydrogens (tertiary/aromatic N) is 1. The fraction of sp³-hybridized carbons (Fsp3) is 0.250. The number of ether oxygens (including phenoxy) is 1. The smallest absolute Gasteiger partial charge is 0.251 e. The fourth-order valence-corrected chi connectivity index (χ4v) is 2.18. The van der Waals surface area contributed by atoms with Gasteiger partial charge in [-0.05, 0) is 48.7 Å².